The molecule has 84 valence electrons. The van der Waals surface area contributed by atoms with Gasteiger partial charge in [0.2, 0.25) is 5.91 Å². The molecule has 1 aromatic carbocycles. The van der Waals surface area contributed by atoms with E-state index in [2.05, 4.69) is 15.9 Å². The molecule has 0 bridgehead atoms. The van der Waals surface area contributed by atoms with Crippen molar-refractivity contribution in [3.63, 3.8) is 0 Å². The summed E-state index contributed by atoms with van der Waals surface area (Å²) in [5.41, 5.74) is 0.367. The van der Waals surface area contributed by atoms with Gasteiger partial charge in [-0.3, -0.25) is 14.5 Å². The summed E-state index contributed by atoms with van der Waals surface area (Å²) < 4.78 is 0.659. The average Bonchev–Trinajstić information content (AvgIpc) is 2.68. The van der Waals surface area contributed by atoms with Crippen LogP contribution in [0.2, 0.25) is 5.02 Å². The first-order chi connectivity index (χ1) is 7.61. The van der Waals surface area contributed by atoms with Gasteiger partial charge >= 0.3 is 0 Å². The number of imide groups is 1. The number of halogens is 2. The number of benzene rings is 1. The lowest BCUT2D eigenvalue weighted by molar-refractivity contribution is -0.125. The van der Waals surface area contributed by atoms with E-state index in [4.69, 9.17) is 11.6 Å². The molecule has 0 saturated carbocycles. The van der Waals surface area contributed by atoms with Crippen LogP contribution in [0.3, 0.4) is 0 Å². The Hall–Kier alpha value is -0.870. The van der Waals surface area contributed by atoms with Crippen LogP contribution < -0.4 is 0 Å². The van der Waals surface area contributed by atoms with Crippen LogP contribution in [-0.4, -0.2) is 23.3 Å². The fraction of sp³-hybridized carbons (Fsp3) is 0.273. The fourth-order valence-corrected chi connectivity index (χ4v) is 2.25. The zero-order chi connectivity index (χ0) is 11.7. The molecule has 16 heavy (non-hydrogen) atoms. The number of rotatable bonds is 1. The third-order valence-corrected chi connectivity index (χ3v) is 3.80. The van der Waals surface area contributed by atoms with Crippen LogP contribution in [0, 0.1) is 0 Å². The topological polar surface area (TPSA) is 37.4 Å². The number of hydrogen-bond donors (Lipinski definition) is 0. The minimum atomic E-state index is -0.311. The van der Waals surface area contributed by atoms with E-state index in [1.165, 1.54) is 4.90 Å². The van der Waals surface area contributed by atoms with Crippen molar-refractivity contribution in [1.29, 1.82) is 0 Å². The van der Waals surface area contributed by atoms with Gasteiger partial charge < -0.3 is 0 Å². The third-order valence-electron chi connectivity index (χ3n) is 2.50. The average molecular weight is 303 g/mol. The second-order valence-electron chi connectivity index (χ2n) is 3.56. The molecule has 2 amide bonds. The van der Waals surface area contributed by atoms with Gasteiger partial charge in [0.25, 0.3) is 5.91 Å². The number of hydrogen-bond acceptors (Lipinski definition) is 2. The summed E-state index contributed by atoms with van der Waals surface area (Å²) >= 11 is 9.26. The lowest BCUT2D eigenvalue weighted by atomic mass is 10.2. The minimum Gasteiger partial charge on any atom is -0.278 e. The van der Waals surface area contributed by atoms with Crippen LogP contribution in [0.15, 0.2) is 22.7 Å². The van der Waals surface area contributed by atoms with Gasteiger partial charge in [0, 0.05) is 17.4 Å². The van der Waals surface area contributed by atoms with Crippen molar-refractivity contribution in [1.82, 2.24) is 4.90 Å². The number of nitrogens with zero attached hydrogens (tertiary/aromatic N) is 1. The summed E-state index contributed by atoms with van der Waals surface area (Å²) in [5, 5.41) is 0.354. The zero-order valence-corrected chi connectivity index (χ0v) is 10.7. The molecule has 3 nitrogen and oxygen atoms in total. The normalized spacial score (nSPS) is 15.6. The second kappa shape index (κ2) is 4.55. The molecule has 1 fully saturated rings. The Morgan fingerprint density at radius 1 is 1.44 bits per heavy atom. The molecule has 0 spiro atoms. The molecule has 1 aliphatic heterocycles. The second-order valence-corrected chi connectivity index (χ2v) is 4.79. The van der Waals surface area contributed by atoms with E-state index in [-0.39, 0.29) is 11.8 Å². The summed E-state index contributed by atoms with van der Waals surface area (Å²) in [6.07, 6.45) is 1.17. The molecule has 0 radical (unpaired) electrons. The Morgan fingerprint density at radius 3 is 2.81 bits per heavy atom. The lowest BCUT2D eigenvalue weighted by Gasteiger charge is -2.14. The van der Waals surface area contributed by atoms with Crippen LogP contribution >= 0.6 is 27.5 Å². The molecule has 1 heterocycles. The maximum Gasteiger partial charge on any atom is 0.262 e. The maximum absolute atomic E-state index is 12.0. The van der Waals surface area contributed by atoms with Crippen molar-refractivity contribution in [2.75, 3.05) is 6.54 Å². The van der Waals surface area contributed by atoms with Gasteiger partial charge in [0.1, 0.15) is 0 Å². The van der Waals surface area contributed by atoms with E-state index >= 15 is 0 Å². The number of carbonyl (C=O) groups excluding carboxylic acids is 2. The molecule has 2 rings (SSSR count). The number of likely N-dealkylation sites (tertiary alicyclic amines) is 1. The first kappa shape index (κ1) is 11.6. The number of carbonyl (C=O) groups is 2. The van der Waals surface area contributed by atoms with Gasteiger partial charge in [0.15, 0.2) is 0 Å². The first-order valence-corrected chi connectivity index (χ1v) is 6.07. The van der Waals surface area contributed by atoms with Crippen molar-refractivity contribution in [3.8, 4) is 0 Å². The molecular formula is C11H9BrClNO2. The van der Waals surface area contributed by atoms with E-state index in [0.29, 0.717) is 28.0 Å². The summed E-state index contributed by atoms with van der Waals surface area (Å²) in [5.74, 6) is -0.435. The Balaban J connectivity index is 2.34. The van der Waals surface area contributed by atoms with Gasteiger partial charge in [-0.2, -0.15) is 0 Å². The SMILES string of the molecule is O=C1CCCN1C(=O)c1cccc(Br)c1Cl. The van der Waals surface area contributed by atoms with E-state index in [1.54, 1.807) is 18.2 Å². The Kier molecular flexibility index (Phi) is 3.30. The Bertz CT molecular complexity index is 461. The highest BCUT2D eigenvalue weighted by molar-refractivity contribution is 9.10. The Labute approximate surface area is 107 Å². The van der Waals surface area contributed by atoms with E-state index < -0.39 is 0 Å². The van der Waals surface area contributed by atoms with Crippen LogP contribution in [0.25, 0.3) is 0 Å². The summed E-state index contributed by atoms with van der Waals surface area (Å²) in [4.78, 5) is 24.7. The van der Waals surface area contributed by atoms with E-state index in [9.17, 15) is 9.59 Å². The Morgan fingerprint density at radius 2 is 2.19 bits per heavy atom. The molecule has 1 aliphatic rings. The quantitative estimate of drug-likeness (QED) is 0.748. The van der Waals surface area contributed by atoms with Crippen LogP contribution in [0.5, 0.6) is 0 Å². The summed E-state index contributed by atoms with van der Waals surface area (Å²) in [7, 11) is 0. The molecule has 0 unspecified atom stereocenters. The molecule has 0 atom stereocenters. The highest BCUT2D eigenvalue weighted by Gasteiger charge is 2.28. The minimum absolute atomic E-state index is 0.124. The van der Waals surface area contributed by atoms with Crippen LogP contribution in [0.4, 0.5) is 0 Å². The molecule has 0 N–H and O–H groups in total. The first-order valence-electron chi connectivity index (χ1n) is 4.90. The molecule has 1 saturated heterocycles. The number of amides is 2. The summed E-state index contributed by atoms with van der Waals surface area (Å²) in [6.45, 7) is 0.487. The highest BCUT2D eigenvalue weighted by Crippen LogP contribution is 2.27. The van der Waals surface area contributed by atoms with Crippen molar-refractivity contribution in [2.24, 2.45) is 0 Å². The standard InChI is InChI=1S/C11H9BrClNO2/c12-8-4-1-3-7(10(8)13)11(16)14-6-2-5-9(14)15/h1,3-4H,2,5-6H2. The maximum atomic E-state index is 12.0. The van der Waals surface area contributed by atoms with Crippen molar-refractivity contribution < 1.29 is 9.59 Å². The predicted molar refractivity (Wildman–Crippen MR) is 64.4 cm³/mol. The summed E-state index contributed by atoms with van der Waals surface area (Å²) in [6, 6.07) is 5.11. The van der Waals surface area contributed by atoms with Gasteiger partial charge in [-0.05, 0) is 34.5 Å². The van der Waals surface area contributed by atoms with Crippen molar-refractivity contribution in [2.45, 2.75) is 12.8 Å². The molecular weight excluding hydrogens is 293 g/mol. The lowest BCUT2D eigenvalue weighted by Crippen LogP contribution is -2.32. The molecule has 0 aromatic heterocycles. The van der Waals surface area contributed by atoms with Crippen molar-refractivity contribution >= 4 is 39.3 Å². The van der Waals surface area contributed by atoms with Gasteiger partial charge in [-0.25, -0.2) is 0 Å². The smallest absolute Gasteiger partial charge is 0.262 e. The van der Waals surface area contributed by atoms with Crippen molar-refractivity contribution in [3.05, 3.63) is 33.3 Å². The van der Waals surface area contributed by atoms with Gasteiger partial charge in [0.05, 0.1) is 10.6 Å². The third kappa shape index (κ3) is 1.99. The van der Waals surface area contributed by atoms with E-state index in [1.807, 2.05) is 0 Å². The van der Waals surface area contributed by atoms with Gasteiger partial charge in [-0.15, -0.1) is 0 Å². The van der Waals surface area contributed by atoms with Gasteiger partial charge in [-0.1, -0.05) is 17.7 Å². The largest absolute Gasteiger partial charge is 0.278 e. The predicted octanol–water partition coefficient (Wildman–Crippen LogP) is 2.87. The molecule has 0 aliphatic carbocycles. The van der Waals surface area contributed by atoms with Crippen LogP contribution in [0.1, 0.15) is 23.2 Å². The molecule has 5 heteroatoms. The molecule has 1 aromatic rings. The monoisotopic (exact) mass is 301 g/mol. The zero-order valence-electron chi connectivity index (χ0n) is 8.37. The fourth-order valence-electron chi connectivity index (χ4n) is 1.68. The highest BCUT2D eigenvalue weighted by atomic mass is 79.9. The van der Waals surface area contributed by atoms with Crippen LogP contribution in [-0.2, 0) is 4.79 Å². The van der Waals surface area contributed by atoms with E-state index in [0.717, 1.165) is 6.42 Å².